The van der Waals surface area contributed by atoms with Gasteiger partial charge >= 0.3 is 0 Å². The van der Waals surface area contributed by atoms with Crippen LogP contribution in [0.3, 0.4) is 0 Å². The minimum absolute atomic E-state index is 0.0221. The van der Waals surface area contributed by atoms with E-state index in [-0.39, 0.29) is 17.9 Å². The van der Waals surface area contributed by atoms with Gasteiger partial charge in [-0.1, -0.05) is 6.07 Å². The van der Waals surface area contributed by atoms with Gasteiger partial charge in [-0.3, -0.25) is 9.69 Å². The number of amides is 1. The maximum absolute atomic E-state index is 13.1. The molecule has 15 heavy (non-hydrogen) atoms. The molecule has 1 saturated heterocycles. The third-order valence-electron chi connectivity index (χ3n) is 2.67. The number of halogens is 1. The maximum atomic E-state index is 13.1. The Balaban J connectivity index is 2.36. The fourth-order valence-electron chi connectivity index (χ4n) is 1.85. The van der Waals surface area contributed by atoms with E-state index in [4.69, 9.17) is 0 Å². The van der Waals surface area contributed by atoms with Crippen molar-refractivity contribution in [1.82, 2.24) is 10.2 Å². The van der Waals surface area contributed by atoms with Gasteiger partial charge in [-0.15, -0.1) is 0 Å². The van der Waals surface area contributed by atoms with E-state index in [0.29, 0.717) is 6.54 Å². The van der Waals surface area contributed by atoms with E-state index in [0.717, 1.165) is 11.1 Å². The summed E-state index contributed by atoms with van der Waals surface area (Å²) in [5.74, 6) is -0.295. The summed E-state index contributed by atoms with van der Waals surface area (Å²) in [4.78, 5) is 13.1. The minimum Gasteiger partial charge on any atom is -0.335 e. The van der Waals surface area contributed by atoms with E-state index in [1.165, 1.54) is 12.1 Å². The highest BCUT2D eigenvalue weighted by Gasteiger charge is 2.28. The summed E-state index contributed by atoms with van der Waals surface area (Å²) in [6, 6.07) is 4.63. The lowest BCUT2D eigenvalue weighted by molar-refractivity contribution is -0.118. The summed E-state index contributed by atoms with van der Waals surface area (Å²) in [6.45, 7) is 2.27. The van der Waals surface area contributed by atoms with Gasteiger partial charge in [0.15, 0.2) is 0 Å². The van der Waals surface area contributed by atoms with E-state index in [1.807, 2.05) is 18.9 Å². The highest BCUT2D eigenvalue weighted by atomic mass is 19.1. The highest BCUT2D eigenvalue weighted by molar-refractivity contribution is 5.80. The van der Waals surface area contributed by atoms with Gasteiger partial charge in [0.05, 0.1) is 6.54 Å². The van der Waals surface area contributed by atoms with E-state index in [1.54, 1.807) is 6.07 Å². The Morgan fingerprint density at radius 3 is 2.87 bits per heavy atom. The van der Waals surface area contributed by atoms with Crippen molar-refractivity contribution in [3.63, 3.8) is 0 Å². The number of nitrogens with one attached hydrogen (secondary N) is 1. The van der Waals surface area contributed by atoms with Gasteiger partial charge in [0.1, 0.15) is 12.0 Å². The molecule has 1 aromatic rings. The van der Waals surface area contributed by atoms with Crippen molar-refractivity contribution in [2.24, 2.45) is 0 Å². The van der Waals surface area contributed by atoms with Gasteiger partial charge in [0.25, 0.3) is 0 Å². The van der Waals surface area contributed by atoms with Gasteiger partial charge in [-0.05, 0) is 37.2 Å². The van der Waals surface area contributed by atoms with Crippen LogP contribution in [0.5, 0.6) is 0 Å². The first-order valence-corrected chi connectivity index (χ1v) is 4.83. The first-order chi connectivity index (χ1) is 7.08. The molecule has 1 aliphatic rings. The van der Waals surface area contributed by atoms with E-state index in [9.17, 15) is 9.18 Å². The fourth-order valence-corrected chi connectivity index (χ4v) is 1.85. The normalized spacial score (nSPS) is 21.8. The molecule has 1 amide bonds. The molecular formula is C11H13FN2O. The number of likely N-dealkylation sites (N-methyl/N-ethyl adjacent to an activating group) is 1. The third-order valence-corrected chi connectivity index (χ3v) is 2.67. The summed E-state index contributed by atoms with van der Waals surface area (Å²) in [7, 11) is 1.84. The molecule has 0 aromatic heterocycles. The second kappa shape index (κ2) is 3.62. The van der Waals surface area contributed by atoms with Crippen LogP contribution in [0.1, 0.15) is 17.3 Å². The standard InChI is InChI=1S/C11H13FN2O/c1-7-3-4-8(12)5-9(7)11-13-10(15)6-14(11)2/h3-5,11H,6H2,1-2H3,(H,13,15). The molecule has 4 heteroatoms. The first-order valence-electron chi connectivity index (χ1n) is 4.83. The Morgan fingerprint density at radius 1 is 1.53 bits per heavy atom. The van der Waals surface area contributed by atoms with Crippen molar-refractivity contribution >= 4 is 5.91 Å². The van der Waals surface area contributed by atoms with Gasteiger partial charge in [0.2, 0.25) is 5.91 Å². The first kappa shape index (κ1) is 10.1. The van der Waals surface area contributed by atoms with Gasteiger partial charge in [-0.25, -0.2) is 4.39 Å². The van der Waals surface area contributed by atoms with E-state index < -0.39 is 0 Å². The smallest absolute Gasteiger partial charge is 0.235 e. The van der Waals surface area contributed by atoms with Gasteiger partial charge in [-0.2, -0.15) is 0 Å². The average molecular weight is 208 g/mol. The number of hydrogen-bond donors (Lipinski definition) is 1. The molecule has 1 aromatic carbocycles. The zero-order chi connectivity index (χ0) is 11.0. The average Bonchev–Trinajstić information content (AvgIpc) is 2.50. The molecule has 3 nitrogen and oxygen atoms in total. The van der Waals surface area contributed by atoms with Crippen molar-refractivity contribution in [3.8, 4) is 0 Å². The Hall–Kier alpha value is -1.42. The Morgan fingerprint density at radius 2 is 2.27 bits per heavy atom. The Kier molecular flexibility index (Phi) is 2.44. The third kappa shape index (κ3) is 1.85. The molecule has 1 aliphatic heterocycles. The van der Waals surface area contributed by atoms with Crippen LogP contribution in [-0.4, -0.2) is 24.4 Å². The largest absolute Gasteiger partial charge is 0.335 e. The highest BCUT2D eigenvalue weighted by Crippen LogP contribution is 2.24. The zero-order valence-corrected chi connectivity index (χ0v) is 8.75. The molecule has 1 atom stereocenters. The lowest BCUT2D eigenvalue weighted by Gasteiger charge is -2.20. The van der Waals surface area contributed by atoms with Gasteiger partial charge in [0, 0.05) is 0 Å². The summed E-state index contributed by atoms with van der Waals surface area (Å²) in [6.07, 6.45) is -0.201. The SMILES string of the molecule is Cc1ccc(F)cc1C1NC(=O)CN1C. The summed E-state index contributed by atoms with van der Waals surface area (Å²) >= 11 is 0. The number of aryl methyl sites for hydroxylation is 1. The molecule has 1 N–H and O–H groups in total. The van der Waals surface area contributed by atoms with Crippen molar-refractivity contribution in [1.29, 1.82) is 0 Å². The fraction of sp³-hybridized carbons (Fsp3) is 0.364. The summed E-state index contributed by atoms with van der Waals surface area (Å²) in [5.41, 5.74) is 1.80. The summed E-state index contributed by atoms with van der Waals surface area (Å²) in [5, 5.41) is 2.81. The summed E-state index contributed by atoms with van der Waals surface area (Å²) < 4.78 is 13.1. The second-order valence-corrected chi connectivity index (χ2v) is 3.89. The predicted molar refractivity (Wildman–Crippen MR) is 54.7 cm³/mol. The Bertz CT molecular complexity index is 406. The molecule has 0 saturated carbocycles. The number of carbonyl (C=O) groups excluding carboxylic acids is 1. The van der Waals surface area contributed by atoms with Crippen LogP contribution in [0.2, 0.25) is 0 Å². The maximum Gasteiger partial charge on any atom is 0.235 e. The second-order valence-electron chi connectivity index (χ2n) is 3.89. The van der Waals surface area contributed by atoms with Crippen LogP contribution < -0.4 is 5.32 Å². The minimum atomic E-state index is -0.273. The van der Waals surface area contributed by atoms with Crippen molar-refractivity contribution < 1.29 is 9.18 Å². The number of rotatable bonds is 1. The molecule has 1 unspecified atom stereocenters. The van der Waals surface area contributed by atoms with E-state index in [2.05, 4.69) is 5.32 Å². The predicted octanol–water partition coefficient (Wildman–Crippen LogP) is 1.19. The van der Waals surface area contributed by atoms with Crippen LogP contribution in [0.4, 0.5) is 4.39 Å². The van der Waals surface area contributed by atoms with Crippen molar-refractivity contribution in [3.05, 3.63) is 35.1 Å². The van der Waals surface area contributed by atoms with Crippen LogP contribution in [0.15, 0.2) is 18.2 Å². The lowest BCUT2D eigenvalue weighted by Crippen LogP contribution is -2.25. The van der Waals surface area contributed by atoms with E-state index >= 15 is 0 Å². The lowest BCUT2D eigenvalue weighted by atomic mass is 10.1. The van der Waals surface area contributed by atoms with Crippen LogP contribution >= 0.6 is 0 Å². The molecule has 2 rings (SSSR count). The molecule has 0 radical (unpaired) electrons. The monoisotopic (exact) mass is 208 g/mol. The van der Waals surface area contributed by atoms with Crippen LogP contribution in [0, 0.1) is 12.7 Å². The molecule has 0 spiro atoms. The molecular weight excluding hydrogens is 195 g/mol. The molecule has 1 fully saturated rings. The van der Waals surface area contributed by atoms with Gasteiger partial charge < -0.3 is 5.32 Å². The Labute approximate surface area is 87.9 Å². The molecule has 80 valence electrons. The van der Waals surface area contributed by atoms with Crippen molar-refractivity contribution in [2.75, 3.05) is 13.6 Å². The number of hydrogen-bond acceptors (Lipinski definition) is 2. The van der Waals surface area contributed by atoms with Crippen LogP contribution in [0.25, 0.3) is 0 Å². The molecule has 0 bridgehead atoms. The topological polar surface area (TPSA) is 32.3 Å². The van der Waals surface area contributed by atoms with Crippen molar-refractivity contribution in [2.45, 2.75) is 13.1 Å². The zero-order valence-electron chi connectivity index (χ0n) is 8.75. The molecule has 1 heterocycles. The number of carbonyl (C=O) groups is 1. The number of nitrogens with zero attached hydrogens (tertiary/aromatic N) is 1. The molecule has 0 aliphatic carbocycles. The quantitative estimate of drug-likeness (QED) is 0.752. The van der Waals surface area contributed by atoms with Crippen LogP contribution in [-0.2, 0) is 4.79 Å². The number of benzene rings is 1.